The number of nitrogens with one attached hydrogen (secondary N) is 1. The molecule has 0 aliphatic carbocycles. The Kier molecular flexibility index (Phi) is 8.79. The maximum absolute atomic E-state index is 12.8. The predicted octanol–water partition coefficient (Wildman–Crippen LogP) is 5.46. The van der Waals surface area contributed by atoms with Crippen molar-refractivity contribution in [2.45, 2.75) is 27.2 Å². The highest BCUT2D eigenvalue weighted by molar-refractivity contribution is 14.1. The van der Waals surface area contributed by atoms with E-state index in [4.69, 9.17) is 9.47 Å². The van der Waals surface area contributed by atoms with E-state index in [-0.39, 0.29) is 11.4 Å². The number of halogens is 1. The third-order valence-electron chi connectivity index (χ3n) is 4.56. The number of imide groups is 1. The number of anilines is 1. The van der Waals surface area contributed by atoms with Crippen LogP contribution in [-0.4, -0.2) is 41.7 Å². The Morgan fingerprint density at radius 1 is 1.18 bits per heavy atom. The highest BCUT2D eigenvalue weighted by Gasteiger charge is 2.36. The third-order valence-corrected chi connectivity index (χ3v) is 6.27. The fraction of sp³-hybridized carbons (Fsp3) is 0.292. The maximum Gasteiger partial charge on any atom is 0.294 e. The summed E-state index contributed by atoms with van der Waals surface area (Å²) >= 11 is 2.98. The zero-order valence-corrected chi connectivity index (χ0v) is 21.6. The normalized spacial score (nSPS) is 14.7. The van der Waals surface area contributed by atoms with Crippen molar-refractivity contribution in [1.82, 2.24) is 4.90 Å². The maximum atomic E-state index is 12.8. The molecular formula is C24H25IN2O5S. The average Bonchev–Trinajstić information content (AvgIpc) is 3.00. The summed E-state index contributed by atoms with van der Waals surface area (Å²) in [6.45, 7) is 6.52. The van der Waals surface area contributed by atoms with Gasteiger partial charge < -0.3 is 14.8 Å². The molecule has 174 valence electrons. The number of carbonyl (C=O) groups excluding carboxylic acids is 3. The van der Waals surface area contributed by atoms with Crippen LogP contribution in [0.15, 0.2) is 41.3 Å². The summed E-state index contributed by atoms with van der Waals surface area (Å²) in [5.41, 5.74) is 2.32. The van der Waals surface area contributed by atoms with Gasteiger partial charge in [0, 0.05) is 5.69 Å². The van der Waals surface area contributed by atoms with Crippen molar-refractivity contribution in [3.63, 3.8) is 0 Å². The molecule has 0 aromatic heterocycles. The lowest BCUT2D eigenvalue weighted by molar-refractivity contribution is -0.127. The zero-order chi connectivity index (χ0) is 24.0. The molecule has 2 aromatic carbocycles. The van der Waals surface area contributed by atoms with Gasteiger partial charge >= 0.3 is 0 Å². The Labute approximate surface area is 211 Å². The molecule has 0 bridgehead atoms. The van der Waals surface area contributed by atoms with Gasteiger partial charge in [-0.05, 0) is 96.1 Å². The van der Waals surface area contributed by atoms with Gasteiger partial charge in [-0.25, -0.2) is 0 Å². The molecule has 0 atom stereocenters. The number of nitrogens with zero attached hydrogens (tertiary/aromatic N) is 1. The van der Waals surface area contributed by atoms with Gasteiger partial charge in [0.1, 0.15) is 6.54 Å². The summed E-state index contributed by atoms with van der Waals surface area (Å²) in [7, 11) is 0. The first-order valence-electron chi connectivity index (χ1n) is 10.5. The standard InChI is InChI=1S/C24H25IN2O5S/c1-4-9-32-22-18(25)11-16(12-19(22)31-5-2)13-20-23(29)27(24(30)33-20)14-21(28)26-17-8-6-7-15(3)10-17/h6-8,10-13H,4-5,9,14H2,1-3H3,(H,26,28)/b20-13-. The Morgan fingerprint density at radius 3 is 2.67 bits per heavy atom. The first kappa shape index (κ1) is 25.1. The minimum absolute atomic E-state index is 0.254. The first-order valence-corrected chi connectivity index (χ1v) is 12.4. The van der Waals surface area contributed by atoms with Gasteiger partial charge in [-0.3, -0.25) is 19.3 Å². The number of ether oxygens (including phenoxy) is 2. The van der Waals surface area contributed by atoms with E-state index in [9.17, 15) is 14.4 Å². The molecule has 0 saturated carbocycles. The Morgan fingerprint density at radius 2 is 1.97 bits per heavy atom. The number of hydrogen-bond donors (Lipinski definition) is 1. The van der Waals surface area contributed by atoms with E-state index in [0.29, 0.717) is 36.0 Å². The molecule has 0 unspecified atom stereocenters. The lowest BCUT2D eigenvalue weighted by Gasteiger charge is -2.14. The van der Waals surface area contributed by atoms with E-state index < -0.39 is 17.1 Å². The summed E-state index contributed by atoms with van der Waals surface area (Å²) in [6, 6.07) is 11.0. The molecule has 9 heteroatoms. The number of thioether (sulfide) groups is 1. The van der Waals surface area contributed by atoms with E-state index in [2.05, 4.69) is 27.9 Å². The van der Waals surface area contributed by atoms with Crippen molar-refractivity contribution in [1.29, 1.82) is 0 Å². The lowest BCUT2D eigenvalue weighted by atomic mass is 10.2. The van der Waals surface area contributed by atoms with Crippen LogP contribution in [0.3, 0.4) is 0 Å². The zero-order valence-electron chi connectivity index (χ0n) is 18.6. The van der Waals surface area contributed by atoms with Gasteiger partial charge in [0.25, 0.3) is 11.1 Å². The van der Waals surface area contributed by atoms with Crippen LogP contribution in [0.2, 0.25) is 0 Å². The number of rotatable bonds is 9. The molecule has 1 aliphatic rings. The molecule has 1 saturated heterocycles. The molecule has 1 N–H and O–H groups in total. The minimum atomic E-state index is -0.497. The molecular weight excluding hydrogens is 555 g/mol. The largest absolute Gasteiger partial charge is 0.490 e. The number of carbonyl (C=O) groups is 3. The molecule has 2 aromatic rings. The molecule has 33 heavy (non-hydrogen) atoms. The Balaban J connectivity index is 1.76. The predicted molar refractivity (Wildman–Crippen MR) is 139 cm³/mol. The van der Waals surface area contributed by atoms with Gasteiger partial charge in [-0.1, -0.05) is 19.1 Å². The van der Waals surface area contributed by atoms with Gasteiger partial charge in [0.05, 0.1) is 21.7 Å². The second-order valence-corrected chi connectivity index (χ2v) is 9.45. The number of amides is 3. The monoisotopic (exact) mass is 580 g/mol. The Hall–Kier alpha value is -2.53. The molecule has 7 nitrogen and oxygen atoms in total. The lowest BCUT2D eigenvalue weighted by Crippen LogP contribution is -2.36. The molecule has 0 radical (unpaired) electrons. The summed E-state index contributed by atoms with van der Waals surface area (Å²) in [5.74, 6) is 0.316. The van der Waals surface area contributed by atoms with E-state index in [0.717, 1.165) is 32.2 Å². The fourth-order valence-electron chi connectivity index (χ4n) is 3.13. The second-order valence-electron chi connectivity index (χ2n) is 7.30. The van der Waals surface area contributed by atoms with Crippen molar-refractivity contribution in [2.24, 2.45) is 0 Å². The molecule has 1 fully saturated rings. The van der Waals surface area contributed by atoms with Crippen molar-refractivity contribution in [2.75, 3.05) is 25.1 Å². The van der Waals surface area contributed by atoms with Crippen molar-refractivity contribution < 1.29 is 23.9 Å². The van der Waals surface area contributed by atoms with E-state index >= 15 is 0 Å². The number of benzene rings is 2. The van der Waals surface area contributed by atoms with Crippen LogP contribution in [0.4, 0.5) is 10.5 Å². The van der Waals surface area contributed by atoms with E-state index in [1.807, 2.05) is 45.0 Å². The van der Waals surface area contributed by atoms with Crippen LogP contribution in [-0.2, 0) is 9.59 Å². The summed E-state index contributed by atoms with van der Waals surface area (Å²) in [6.07, 6.45) is 2.51. The van der Waals surface area contributed by atoms with Crippen molar-refractivity contribution >= 4 is 63.2 Å². The van der Waals surface area contributed by atoms with Crippen LogP contribution in [0.5, 0.6) is 11.5 Å². The van der Waals surface area contributed by atoms with E-state index in [1.54, 1.807) is 18.2 Å². The molecule has 3 amide bonds. The molecule has 1 aliphatic heterocycles. The van der Waals surface area contributed by atoms with E-state index in [1.165, 1.54) is 0 Å². The van der Waals surface area contributed by atoms with Gasteiger partial charge in [0.15, 0.2) is 11.5 Å². The summed E-state index contributed by atoms with van der Waals surface area (Å²) in [5, 5.41) is 2.24. The highest BCUT2D eigenvalue weighted by Crippen LogP contribution is 2.37. The second kappa shape index (κ2) is 11.6. The van der Waals surface area contributed by atoms with Gasteiger partial charge in [0.2, 0.25) is 5.91 Å². The van der Waals surface area contributed by atoms with Crippen LogP contribution < -0.4 is 14.8 Å². The topological polar surface area (TPSA) is 84.9 Å². The number of aryl methyl sites for hydroxylation is 1. The van der Waals surface area contributed by atoms with Crippen molar-refractivity contribution in [3.05, 3.63) is 56.0 Å². The number of hydrogen-bond acceptors (Lipinski definition) is 6. The average molecular weight is 580 g/mol. The Bertz CT molecular complexity index is 1100. The smallest absolute Gasteiger partial charge is 0.294 e. The van der Waals surface area contributed by atoms with Crippen LogP contribution >= 0.6 is 34.4 Å². The molecule has 0 spiro atoms. The van der Waals surface area contributed by atoms with Crippen LogP contribution in [0, 0.1) is 10.5 Å². The quantitative estimate of drug-likeness (QED) is 0.313. The van der Waals surface area contributed by atoms with Gasteiger partial charge in [-0.2, -0.15) is 0 Å². The van der Waals surface area contributed by atoms with Crippen LogP contribution in [0.1, 0.15) is 31.4 Å². The molecule has 3 rings (SSSR count). The highest BCUT2D eigenvalue weighted by atomic mass is 127. The fourth-order valence-corrected chi connectivity index (χ4v) is 4.75. The van der Waals surface area contributed by atoms with Crippen LogP contribution in [0.25, 0.3) is 6.08 Å². The molecule has 1 heterocycles. The minimum Gasteiger partial charge on any atom is -0.490 e. The summed E-state index contributed by atoms with van der Waals surface area (Å²) in [4.78, 5) is 38.9. The van der Waals surface area contributed by atoms with Crippen molar-refractivity contribution in [3.8, 4) is 11.5 Å². The third kappa shape index (κ3) is 6.50. The first-order chi connectivity index (χ1) is 15.8. The SMILES string of the molecule is CCCOc1c(I)cc(/C=C2\SC(=O)N(CC(=O)Nc3cccc(C)c3)C2=O)cc1OCC. The van der Waals surface area contributed by atoms with Gasteiger partial charge in [-0.15, -0.1) is 0 Å². The summed E-state index contributed by atoms with van der Waals surface area (Å²) < 4.78 is 12.4.